The number of aliphatic carboxylic acids is 1. The van der Waals surface area contributed by atoms with Crippen molar-refractivity contribution in [3.63, 3.8) is 0 Å². The van der Waals surface area contributed by atoms with E-state index in [0.29, 0.717) is 47.5 Å². The minimum atomic E-state index is -4.26. The number of likely N-dealkylation sites (tertiary alicyclic amines) is 1. The maximum absolute atomic E-state index is 12.9. The second-order valence-electron chi connectivity index (χ2n) is 12.8. The summed E-state index contributed by atoms with van der Waals surface area (Å²) in [6, 6.07) is 10.3. The molecule has 8 rings (SSSR count). The van der Waals surface area contributed by atoms with Crippen LogP contribution in [0, 0.1) is 29.1 Å². The predicted molar refractivity (Wildman–Crippen MR) is 157 cm³/mol. The highest BCUT2D eigenvalue weighted by Crippen LogP contribution is 2.74. The number of hydrogen-bond acceptors (Lipinski definition) is 7. The van der Waals surface area contributed by atoms with Crippen molar-refractivity contribution in [2.45, 2.75) is 70.8 Å². The first-order valence-electron chi connectivity index (χ1n) is 14.5. The van der Waals surface area contributed by atoms with Crippen LogP contribution in [-0.2, 0) is 24.3 Å². The lowest BCUT2D eigenvalue weighted by Crippen LogP contribution is -2.66. The van der Waals surface area contributed by atoms with Gasteiger partial charge in [0.2, 0.25) is 0 Å². The van der Waals surface area contributed by atoms with Crippen molar-refractivity contribution in [2.24, 2.45) is 10.8 Å². The summed E-state index contributed by atoms with van der Waals surface area (Å²) in [7, 11) is 0. The predicted octanol–water partition coefficient (Wildman–Crippen LogP) is 6.26. The second kappa shape index (κ2) is 9.92. The number of benzene rings is 1. The summed E-state index contributed by atoms with van der Waals surface area (Å²) in [5.74, 6) is -0.107. The summed E-state index contributed by atoms with van der Waals surface area (Å²) in [6.07, 6.45) is 0.000675. The standard InChI is InChI=1S/C31H31F3N6O2S/c1-18-19(2-3-25-23(18)8-21(11-35)40(25)16-29-13-30(14-29,15-29)28(41)42)12-39-6-4-20(5-7-39)38-26-24-9-22(10-31(32,33)34)43-27(24)37-17-36-26/h2-3,8-9,17,20H,4-7,10,12-16H2,1H3,(H,41,42)(H,36,37,38). The van der Waals surface area contributed by atoms with Crippen LogP contribution < -0.4 is 5.32 Å². The number of carboxylic acids is 1. The maximum atomic E-state index is 12.9. The number of halogens is 3. The fourth-order valence-electron chi connectivity index (χ4n) is 7.66. The van der Waals surface area contributed by atoms with E-state index in [2.05, 4.69) is 49.9 Å². The van der Waals surface area contributed by atoms with Gasteiger partial charge in [0.1, 0.15) is 28.7 Å². The zero-order valence-corrected chi connectivity index (χ0v) is 24.5. The van der Waals surface area contributed by atoms with Gasteiger partial charge in [-0.05, 0) is 73.8 Å². The van der Waals surface area contributed by atoms with Crippen molar-refractivity contribution in [1.29, 1.82) is 5.26 Å². The normalized spacial score (nSPS) is 24.1. The molecule has 1 aromatic carbocycles. The molecule has 2 bridgehead atoms. The monoisotopic (exact) mass is 608 g/mol. The quantitative estimate of drug-likeness (QED) is 0.243. The zero-order chi connectivity index (χ0) is 30.1. The second-order valence-corrected chi connectivity index (χ2v) is 13.9. The highest BCUT2D eigenvalue weighted by molar-refractivity contribution is 7.18. The third-order valence-corrected chi connectivity index (χ3v) is 10.8. The number of carboxylic acid groups (broad SMARTS) is 1. The molecule has 224 valence electrons. The molecule has 4 heterocycles. The first-order chi connectivity index (χ1) is 20.5. The highest BCUT2D eigenvalue weighted by Gasteiger charge is 2.71. The minimum absolute atomic E-state index is 0.00671. The molecule has 4 fully saturated rings. The Morgan fingerprint density at radius 2 is 1.93 bits per heavy atom. The van der Waals surface area contributed by atoms with Gasteiger partial charge in [-0.15, -0.1) is 11.3 Å². The number of hydrogen-bond donors (Lipinski definition) is 2. The molecule has 4 aromatic rings. The fraction of sp³-hybridized carbons (Fsp3) is 0.484. The van der Waals surface area contributed by atoms with Crippen LogP contribution in [0.15, 0.2) is 30.6 Å². The summed E-state index contributed by atoms with van der Waals surface area (Å²) in [4.78, 5) is 23.3. The molecule has 0 unspecified atom stereocenters. The van der Waals surface area contributed by atoms with Crippen LogP contribution in [0.5, 0.6) is 0 Å². The van der Waals surface area contributed by atoms with Crippen molar-refractivity contribution in [1.82, 2.24) is 19.4 Å². The summed E-state index contributed by atoms with van der Waals surface area (Å²) < 4.78 is 40.8. The van der Waals surface area contributed by atoms with E-state index in [1.807, 2.05) is 6.07 Å². The Balaban J connectivity index is 1.00. The van der Waals surface area contributed by atoms with Gasteiger partial charge in [0.25, 0.3) is 0 Å². The van der Waals surface area contributed by atoms with Gasteiger partial charge in [0.15, 0.2) is 0 Å². The average molecular weight is 609 g/mol. The molecule has 12 heteroatoms. The molecule has 2 N–H and O–H groups in total. The molecule has 0 spiro atoms. The third kappa shape index (κ3) is 4.92. The van der Waals surface area contributed by atoms with Crippen LogP contribution in [0.3, 0.4) is 0 Å². The van der Waals surface area contributed by atoms with Crippen molar-refractivity contribution in [3.05, 3.63) is 52.3 Å². The van der Waals surface area contributed by atoms with Gasteiger partial charge in [0, 0.05) is 48.0 Å². The lowest BCUT2D eigenvalue weighted by atomic mass is 9.35. The van der Waals surface area contributed by atoms with Crippen LogP contribution in [0.4, 0.5) is 19.0 Å². The lowest BCUT2D eigenvalue weighted by Gasteiger charge is -2.68. The maximum Gasteiger partial charge on any atom is 0.393 e. The summed E-state index contributed by atoms with van der Waals surface area (Å²) in [5.41, 5.74) is 3.47. The van der Waals surface area contributed by atoms with Crippen molar-refractivity contribution < 1.29 is 23.1 Å². The molecule has 1 saturated heterocycles. The molecular formula is C31H31F3N6O2S. The van der Waals surface area contributed by atoms with Gasteiger partial charge in [-0.25, -0.2) is 9.97 Å². The number of nitrogens with zero attached hydrogens (tertiary/aromatic N) is 5. The molecule has 0 radical (unpaired) electrons. The molecular weight excluding hydrogens is 577 g/mol. The first kappa shape index (κ1) is 28.1. The SMILES string of the molecule is Cc1c(CN2CCC(Nc3ncnc4sc(CC(F)(F)F)cc34)CC2)ccc2c1cc(C#N)n2CC12CC(C(=O)O)(C1)C2. The molecule has 3 saturated carbocycles. The van der Waals surface area contributed by atoms with E-state index in [4.69, 9.17) is 0 Å². The van der Waals surface area contributed by atoms with Crippen molar-refractivity contribution in [2.75, 3.05) is 18.4 Å². The molecule has 8 nitrogen and oxygen atoms in total. The third-order valence-electron chi connectivity index (χ3n) is 9.75. The van der Waals surface area contributed by atoms with E-state index in [9.17, 15) is 28.3 Å². The van der Waals surface area contributed by atoms with E-state index in [0.717, 1.165) is 60.3 Å². The van der Waals surface area contributed by atoms with E-state index >= 15 is 0 Å². The molecule has 3 aromatic heterocycles. The van der Waals surface area contributed by atoms with Crippen molar-refractivity contribution >= 4 is 44.2 Å². The summed E-state index contributed by atoms with van der Waals surface area (Å²) >= 11 is 1.06. The van der Waals surface area contributed by atoms with Gasteiger partial charge in [0.05, 0.1) is 17.2 Å². The van der Waals surface area contributed by atoms with Crippen LogP contribution >= 0.6 is 11.3 Å². The molecule has 1 aliphatic heterocycles. The van der Waals surface area contributed by atoms with E-state index in [-0.39, 0.29) is 16.3 Å². The Hall–Kier alpha value is -3.69. The summed E-state index contributed by atoms with van der Waals surface area (Å²) in [6.45, 7) is 5.30. The van der Waals surface area contributed by atoms with Gasteiger partial charge < -0.3 is 15.0 Å². The first-order valence-corrected chi connectivity index (χ1v) is 15.3. The number of carbonyl (C=O) groups is 1. The topological polar surface area (TPSA) is 107 Å². The number of aromatic nitrogens is 3. The molecule has 3 aliphatic carbocycles. The van der Waals surface area contributed by atoms with Crippen LogP contribution in [0.25, 0.3) is 21.1 Å². The number of alkyl halides is 3. The average Bonchev–Trinajstić information content (AvgIpc) is 3.48. The molecule has 4 aliphatic rings. The number of thiophene rings is 1. The Bertz CT molecular complexity index is 1780. The Labute approximate surface area is 250 Å². The molecule has 43 heavy (non-hydrogen) atoms. The zero-order valence-electron chi connectivity index (χ0n) is 23.7. The van der Waals surface area contributed by atoms with Crippen LogP contribution in [-0.4, -0.2) is 55.8 Å². The van der Waals surface area contributed by atoms with E-state index in [1.165, 1.54) is 11.9 Å². The summed E-state index contributed by atoms with van der Waals surface area (Å²) in [5, 5.41) is 24.5. The minimum Gasteiger partial charge on any atom is -0.481 e. The highest BCUT2D eigenvalue weighted by atomic mass is 32.1. The number of aryl methyl sites for hydroxylation is 1. The van der Waals surface area contributed by atoms with Gasteiger partial charge in [-0.3, -0.25) is 9.69 Å². The fourth-order valence-corrected chi connectivity index (χ4v) is 8.68. The number of anilines is 1. The van der Waals surface area contributed by atoms with Crippen LogP contribution in [0.2, 0.25) is 0 Å². The molecule has 0 atom stereocenters. The van der Waals surface area contributed by atoms with Gasteiger partial charge in [-0.2, -0.15) is 18.4 Å². The number of piperidine rings is 1. The number of fused-ring (bicyclic) bond motifs is 2. The largest absolute Gasteiger partial charge is 0.481 e. The number of rotatable bonds is 8. The van der Waals surface area contributed by atoms with Gasteiger partial charge in [-0.1, -0.05) is 6.07 Å². The smallest absolute Gasteiger partial charge is 0.393 e. The molecule has 0 amide bonds. The number of nitrogens with one attached hydrogen (secondary N) is 1. The number of nitriles is 1. The van der Waals surface area contributed by atoms with Crippen LogP contribution in [0.1, 0.15) is 53.8 Å². The van der Waals surface area contributed by atoms with E-state index < -0.39 is 24.0 Å². The van der Waals surface area contributed by atoms with Crippen molar-refractivity contribution in [3.8, 4) is 6.07 Å². The van der Waals surface area contributed by atoms with Gasteiger partial charge >= 0.3 is 12.1 Å². The van der Waals surface area contributed by atoms with E-state index in [1.54, 1.807) is 6.07 Å². The Morgan fingerprint density at radius 1 is 1.19 bits per heavy atom. The Kier molecular flexibility index (Phi) is 6.48. The Morgan fingerprint density at radius 3 is 2.60 bits per heavy atom. The lowest BCUT2D eigenvalue weighted by molar-refractivity contribution is -0.227.